The van der Waals surface area contributed by atoms with Crippen molar-refractivity contribution in [3.05, 3.63) is 82.7 Å². The summed E-state index contributed by atoms with van der Waals surface area (Å²) in [5.74, 6) is 0.329. The number of benzene rings is 2. The molecule has 0 bridgehead atoms. The Balaban J connectivity index is 1.77. The van der Waals surface area contributed by atoms with Crippen molar-refractivity contribution in [2.24, 2.45) is 0 Å². The Morgan fingerprint density at radius 2 is 1.73 bits per heavy atom. The fourth-order valence-corrected chi connectivity index (χ4v) is 3.16. The van der Waals surface area contributed by atoms with Crippen molar-refractivity contribution in [3.63, 3.8) is 0 Å². The lowest BCUT2D eigenvalue weighted by molar-refractivity contribution is 0.101. The Kier molecular flexibility index (Phi) is 3.13. The maximum Gasteiger partial charge on any atom is 0.238 e. The fourth-order valence-electron chi connectivity index (χ4n) is 2.49. The monoisotopic (exact) mass is 304 g/mol. The van der Waals surface area contributed by atoms with Crippen LogP contribution in [0.5, 0.6) is 0 Å². The van der Waals surface area contributed by atoms with Gasteiger partial charge in [0.25, 0.3) is 0 Å². The van der Waals surface area contributed by atoms with Gasteiger partial charge in [-0.2, -0.15) is 0 Å². The number of ketones is 1. The van der Waals surface area contributed by atoms with E-state index in [2.05, 4.69) is 18.2 Å². The minimum Gasteiger partial charge on any atom is -0.453 e. The van der Waals surface area contributed by atoms with Crippen LogP contribution in [0.15, 0.2) is 76.5 Å². The quantitative estimate of drug-likeness (QED) is 0.475. The highest BCUT2D eigenvalue weighted by atomic mass is 32.1. The van der Waals surface area contributed by atoms with Gasteiger partial charge in [0.15, 0.2) is 5.76 Å². The second-order valence-corrected chi connectivity index (χ2v) is 5.98. The minimum atomic E-state index is -0.0625. The first kappa shape index (κ1) is 13.0. The van der Waals surface area contributed by atoms with Gasteiger partial charge in [-0.25, -0.2) is 0 Å². The molecule has 22 heavy (non-hydrogen) atoms. The van der Waals surface area contributed by atoms with E-state index in [4.69, 9.17) is 4.42 Å². The van der Waals surface area contributed by atoms with Crippen LogP contribution in [0.2, 0.25) is 0 Å². The molecule has 0 amide bonds. The van der Waals surface area contributed by atoms with Gasteiger partial charge >= 0.3 is 0 Å². The first-order valence-electron chi connectivity index (χ1n) is 6.98. The van der Waals surface area contributed by atoms with Crippen LogP contribution < -0.4 is 0 Å². The summed E-state index contributed by atoms with van der Waals surface area (Å²) >= 11 is 1.43. The van der Waals surface area contributed by atoms with Crippen LogP contribution in [0, 0.1) is 0 Å². The summed E-state index contributed by atoms with van der Waals surface area (Å²) in [6.07, 6.45) is 0. The molecule has 0 spiro atoms. The molecule has 0 aliphatic rings. The van der Waals surface area contributed by atoms with Gasteiger partial charge in [0.2, 0.25) is 5.78 Å². The second kappa shape index (κ2) is 5.28. The van der Waals surface area contributed by atoms with Crippen molar-refractivity contribution < 1.29 is 9.21 Å². The van der Waals surface area contributed by atoms with E-state index in [1.807, 2.05) is 53.9 Å². The van der Waals surface area contributed by atoms with Crippen LogP contribution in [-0.4, -0.2) is 5.78 Å². The zero-order chi connectivity index (χ0) is 14.9. The summed E-state index contributed by atoms with van der Waals surface area (Å²) in [5, 5.41) is 2.84. The van der Waals surface area contributed by atoms with Gasteiger partial charge in [-0.05, 0) is 40.8 Å². The lowest BCUT2D eigenvalue weighted by Crippen LogP contribution is -1.95. The van der Waals surface area contributed by atoms with E-state index in [1.54, 1.807) is 0 Å². The molecule has 0 saturated carbocycles. The van der Waals surface area contributed by atoms with Crippen molar-refractivity contribution in [2.45, 2.75) is 0 Å². The van der Waals surface area contributed by atoms with Crippen LogP contribution in [0.4, 0.5) is 0 Å². The third-order valence-corrected chi connectivity index (χ3v) is 4.46. The number of carbonyl (C=O) groups excluding carboxylic acids is 1. The van der Waals surface area contributed by atoms with E-state index >= 15 is 0 Å². The predicted molar refractivity (Wildman–Crippen MR) is 89.4 cm³/mol. The van der Waals surface area contributed by atoms with Crippen LogP contribution in [0.3, 0.4) is 0 Å². The van der Waals surface area contributed by atoms with E-state index < -0.39 is 0 Å². The summed E-state index contributed by atoms with van der Waals surface area (Å²) in [6, 6.07) is 21.7. The van der Waals surface area contributed by atoms with Gasteiger partial charge in [0, 0.05) is 5.39 Å². The molecule has 0 N–H and O–H groups in total. The molecule has 0 fully saturated rings. The Morgan fingerprint density at radius 1 is 0.864 bits per heavy atom. The molecule has 2 nitrogen and oxygen atoms in total. The summed E-state index contributed by atoms with van der Waals surface area (Å²) in [7, 11) is 0. The minimum absolute atomic E-state index is 0.0625. The number of carbonyl (C=O) groups is 1. The maximum atomic E-state index is 12.3. The molecular weight excluding hydrogens is 292 g/mol. The van der Waals surface area contributed by atoms with Crippen LogP contribution in [0.1, 0.15) is 15.4 Å². The molecule has 2 aromatic carbocycles. The van der Waals surface area contributed by atoms with E-state index in [1.165, 1.54) is 11.3 Å². The van der Waals surface area contributed by atoms with Gasteiger partial charge < -0.3 is 4.42 Å². The Bertz CT molecular complexity index is 934. The fraction of sp³-hybridized carbons (Fsp3) is 0. The van der Waals surface area contributed by atoms with E-state index in [-0.39, 0.29) is 5.78 Å². The van der Waals surface area contributed by atoms with Gasteiger partial charge in [0.1, 0.15) is 5.58 Å². The predicted octanol–water partition coefficient (Wildman–Crippen LogP) is 5.39. The van der Waals surface area contributed by atoms with Crippen molar-refractivity contribution in [2.75, 3.05) is 0 Å². The number of furan rings is 1. The standard InChI is InChI=1S/C19H12O2S/c20-19(18-7-4-10-22-18)17-12-15-11-14(8-9-16(15)21-17)13-5-2-1-3-6-13/h1-12H. The lowest BCUT2D eigenvalue weighted by atomic mass is 10.0. The molecule has 4 rings (SSSR count). The van der Waals surface area contributed by atoms with Crippen LogP contribution in [-0.2, 0) is 0 Å². The van der Waals surface area contributed by atoms with E-state index in [0.29, 0.717) is 10.6 Å². The van der Waals surface area contributed by atoms with Gasteiger partial charge in [-0.3, -0.25) is 4.79 Å². The molecule has 3 heteroatoms. The lowest BCUT2D eigenvalue weighted by Gasteiger charge is -2.00. The van der Waals surface area contributed by atoms with E-state index in [0.717, 1.165) is 22.1 Å². The molecule has 0 unspecified atom stereocenters. The molecular formula is C19H12O2S. The number of hydrogen-bond donors (Lipinski definition) is 0. The summed E-state index contributed by atoms with van der Waals surface area (Å²) in [6.45, 7) is 0. The molecule has 106 valence electrons. The Morgan fingerprint density at radius 3 is 2.50 bits per heavy atom. The zero-order valence-corrected chi connectivity index (χ0v) is 12.5. The average Bonchev–Trinajstić information content (AvgIpc) is 3.23. The molecule has 0 saturated heterocycles. The highest BCUT2D eigenvalue weighted by molar-refractivity contribution is 7.12. The SMILES string of the molecule is O=C(c1cc2cc(-c3ccccc3)ccc2o1)c1cccs1. The molecule has 0 aliphatic heterocycles. The molecule has 4 aromatic rings. The normalized spacial score (nSPS) is 10.9. The number of rotatable bonds is 3. The van der Waals surface area contributed by atoms with Crippen molar-refractivity contribution in [1.82, 2.24) is 0 Å². The van der Waals surface area contributed by atoms with Crippen LogP contribution in [0.25, 0.3) is 22.1 Å². The van der Waals surface area contributed by atoms with Crippen molar-refractivity contribution in [3.8, 4) is 11.1 Å². The number of thiophene rings is 1. The topological polar surface area (TPSA) is 30.2 Å². The number of hydrogen-bond acceptors (Lipinski definition) is 3. The highest BCUT2D eigenvalue weighted by Crippen LogP contribution is 2.28. The second-order valence-electron chi connectivity index (χ2n) is 5.04. The highest BCUT2D eigenvalue weighted by Gasteiger charge is 2.15. The van der Waals surface area contributed by atoms with E-state index in [9.17, 15) is 4.79 Å². The zero-order valence-electron chi connectivity index (χ0n) is 11.7. The molecule has 2 aromatic heterocycles. The largest absolute Gasteiger partial charge is 0.453 e. The van der Waals surface area contributed by atoms with Crippen molar-refractivity contribution >= 4 is 28.1 Å². The number of fused-ring (bicyclic) bond motifs is 1. The third-order valence-electron chi connectivity index (χ3n) is 3.59. The van der Waals surface area contributed by atoms with Crippen LogP contribution >= 0.6 is 11.3 Å². The Hall–Kier alpha value is -2.65. The summed E-state index contributed by atoms with van der Waals surface area (Å²) < 4.78 is 5.70. The first-order valence-corrected chi connectivity index (χ1v) is 7.86. The first-order chi connectivity index (χ1) is 10.8. The van der Waals surface area contributed by atoms with Gasteiger partial charge in [-0.15, -0.1) is 11.3 Å². The van der Waals surface area contributed by atoms with Crippen molar-refractivity contribution in [1.29, 1.82) is 0 Å². The molecule has 0 radical (unpaired) electrons. The summed E-state index contributed by atoms with van der Waals surface area (Å²) in [5.41, 5.74) is 3.00. The molecule has 2 heterocycles. The third kappa shape index (κ3) is 2.26. The van der Waals surface area contributed by atoms with Gasteiger partial charge in [0.05, 0.1) is 4.88 Å². The average molecular weight is 304 g/mol. The molecule has 0 aliphatic carbocycles. The smallest absolute Gasteiger partial charge is 0.238 e. The van der Waals surface area contributed by atoms with Gasteiger partial charge in [-0.1, -0.05) is 42.5 Å². The molecule has 0 atom stereocenters. The maximum absolute atomic E-state index is 12.3. The summed E-state index contributed by atoms with van der Waals surface area (Å²) in [4.78, 5) is 13.0. The Labute approximate surface area is 131 Å².